The minimum absolute atomic E-state index is 0.0301. The van der Waals surface area contributed by atoms with Gasteiger partial charge in [0.1, 0.15) is 18.1 Å². The van der Waals surface area contributed by atoms with E-state index in [1.165, 1.54) is 0 Å². The Morgan fingerprint density at radius 1 is 1.15 bits per heavy atom. The molecular weight excluding hydrogens is 338 g/mol. The monoisotopic (exact) mass is 359 g/mol. The number of rotatable bonds is 8. The molecule has 0 saturated heterocycles. The van der Waals surface area contributed by atoms with Crippen LogP contribution in [0.15, 0.2) is 49.1 Å². The van der Waals surface area contributed by atoms with Crippen molar-refractivity contribution in [3.63, 3.8) is 0 Å². The van der Waals surface area contributed by atoms with Crippen LogP contribution in [0.1, 0.15) is 6.92 Å². The van der Waals surface area contributed by atoms with E-state index in [0.29, 0.717) is 11.5 Å². The highest BCUT2D eigenvalue weighted by Gasteiger charge is 2.12. The second-order valence-electron chi connectivity index (χ2n) is 5.22. The summed E-state index contributed by atoms with van der Waals surface area (Å²) in [5.74, 6) is 0.463. The minimum atomic E-state index is -0.649. The first-order chi connectivity index (χ1) is 12.5. The van der Waals surface area contributed by atoms with Crippen molar-refractivity contribution in [2.75, 3.05) is 20.3 Å². The van der Waals surface area contributed by atoms with E-state index in [9.17, 15) is 9.59 Å². The molecule has 0 radical (unpaired) electrons. The summed E-state index contributed by atoms with van der Waals surface area (Å²) in [7, 11) is 1.56. The molecule has 2 aromatic rings. The van der Waals surface area contributed by atoms with Crippen LogP contribution in [0.25, 0.3) is 10.8 Å². The highest BCUT2D eigenvalue weighted by atomic mass is 16.7. The number of carbonyl (C=O) groups excluding carboxylic acids is 2. The normalized spacial score (nSPS) is 11.5. The number of hydrogen-bond acceptors (Lipinski definition) is 6. The Labute approximate surface area is 151 Å². The predicted molar refractivity (Wildman–Crippen MR) is 96.2 cm³/mol. The van der Waals surface area contributed by atoms with Gasteiger partial charge in [0.25, 0.3) is 0 Å². The topological polar surface area (TPSA) is 83.1 Å². The standard InChI is InChI=1S/C19H21NO6/c1-4-18(21)24-12-11-20-19(22)26-17-10-6-7-14-15(17)8-5-9-16(14)25-13(2)23-3/h4-10,13H,1,11-12H2,2-3H3,(H,20,22). The molecule has 7 heteroatoms. The van der Waals surface area contributed by atoms with Gasteiger partial charge in [-0.1, -0.05) is 30.8 Å². The van der Waals surface area contributed by atoms with Crippen LogP contribution < -0.4 is 14.8 Å². The molecule has 26 heavy (non-hydrogen) atoms. The zero-order valence-electron chi connectivity index (χ0n) is 14.7. The Hall–Kier alpha value is -3.06. The van der Waals surface area contributed by atoms with Crippen LogP contribution in [-0.2, 0) is 14.3 Å². The lowest BCUT2D eigenvalue weighted by molar-refractivity contribution is -0.137. The molecule has 7 nitrogen and oxygen atoms in total. The predicted octanol–water partition coefficient (Wildman–Crippen LogP) is 3.03. The Morgan fingerprint density at radius 2 is 1.81 bits per heavy atom. The molecule has 0 aliphatic rings. The van der Waals surface area contributed by atoms with Crippen LogP contribution in [0.5, 0.6) is 11.5 Å². The van der Waals surface area contributed by atoms with Crippen molar-refractivity contribution in [2.24, 2.45) is 0 Å². The number of hydrogen-bond donors (Lipinski definition) is 1. The molecule has 2 aromatic carbocycles. The van der Waals surface area contributed by atoms with Gasteiger partial charge in [-0.15, -0.1) is 0 Å². The number of benzene rings is 2. The fourth-order valence-electron chi connectivity index (χ4n) is 2.17. The molecule has 1 N–H and O–H groups in total. The van der Waals surface area contributed by atoms with Gasteiger partial charge in [0, 0.05) is 24.0 Å². The number of esters is 1. The summed E-state index contributed by atoms with van der Waals surface area (Å²) in [5.41, 5.74) is 0. The fraction of sp³-hybridized carbons (Fsp3) is 0.263. The minimum Gasteiger partial charge on any atom is -0.465 e. The highest BCUT2D eigenvalue weighted by Crippen LogP contribution is 2.32. The van der Waals surface area contributed by atoms with E-state index in [4.69, 9.17) is 18.9 Å². The van der Waals surface area contributed by atoms with Crippen LogP contribution in [0.3, 0.4) is 0 Å². The second-order valence-corrected chi connectivity index (χ2v) is 5.22. The van der Waals surface area contributed by atoms with Crippen molar-refractivity contribution >= 4 is 22.8 Å². The molecule has 1 unspecified atom stereocenters. The number of fused-ring (bicyclic) bond motifs is 1. The van der Waals surface area contributed by atoms with E-state index in [-0.39, 0.29) is 13.2 Å². The lowest BCUT2D eigenvalue weighted by Gasteiger charge is -2.15. The van der Waals surface area contributed by atoms with E-state index >= 15 is 0 Å². The molecule has 0 heterocycles. The Bertz CT molecular complexity index is 789. The lowest BCUT2D eigenvalue weighted by Crippen LogP contribution is -2.30. The maximum Gasteiger partial charge on any atom is 0.412 e. The van der Waals surface area contributed by atoms with Gasteiger partial charge >= 0.3 is 12.1 Å². The van der Waals surface area contributed by atoms with Crippen molar-refractivity contribution < 1.29 is 28.5 Å². The summed E-state index contributed by atoms with van der Waals surface area (Å²) < 4.78 is 21.0. The van der Waals surface area contributed by atoms with Crippen molar-refractivity contribution in [3.8, 4) is 11.5 Å². The fourth-order valence-corrected chi connectivity index (χ4v) is 2.17. The van der Waals surface area contributed by atoms with Gasteiger partial charge in [-0.05, 0) is 19.1 Å². The van der Waals surface area contributed by atoms with E-state index in [1.807, 2.05) is 18.2 Å². The van der Waals surface area contributed by atoms with Gasteiger partial charge in [0.05, 0.1) is 6.54 Å². The highest BCUT2D eigenvalue weighted by molar-refractivity contribution is 5.94. The van der Waals surface area contributed by atoms with Crippen molar-refractivity contribution in [2.45, 2.75) is 13.2 Å². The Balaban J connectivity index is 2.05. The summed E-state index contributed by atoms with van der Waals surface area (Å²) in [6, 6.07) is 10.8. The maximum absolute atomic E-state index is 11.9. The van der Waals surface area contributed by atoms with Gasteiger partial charge in [0.15, 0.2) is 6.29 Å². The molecule has 1 amide bonds. The van der Waals surface area contributed by atoms with Gasteiger partial charge in [0.2, 0.25) is 0 Å². The van der Waals surface area contributed by atoms with Crippen LogP contribution >= 0.6 is 0 Å². The first-order valence-corrected chi connectivity index (χ1v) is 8.01. The van der Waals surface area contributed by atoms with E-state index in [0.717, 1.165) is 16.8 Å². The molecule has 1 atom stereocenters. The molecule has 2 rings (SSSR count). The number of amides is 1. The van der Waals surface area contributed by atoms with Crippen LogP contribution in [0, 0.1) is 0 Å². The molecule has 0 aliphatic carbocycles. The molecular formula is C19H21NO6. The molecule has 138 valence electrons. The second kappa shape index (κ2) is 9.43. The first kappa shape index (κ1) is 19.3. The van der Waals surface area contributed by atoms with Gasteiger partial charge in [-0.2, -0.15) is 0 Å². The average Bonchev–Trinajstić information content (AvgIpc) is 2.65. The van der Waals surface area contributed by atoms with E-state index < -0.39 is 18.4 Å². The molecule has 0 fully saturated rings. The SMILES string of the molecule is C=CC(=O)OCCNC(=O)Oc1cccc2c(OC(C)OC)cccc12. The molecule has 0 saturated carbocycles. The summed E-state index contributed by atoms with van der Waals surface area (Å²) in [6.45, 7) is 5.23. The maximum atomic E-state index is 11.9. The Kier molecular flexibility index (Phi) is 6.99. The van der Waals surface area contributed by atoms with Crippen molar-refractivity contribution in [3.05, 3.63) is 49.1 Å². The molecule has 0 aliphatic heterocycles. The first-order valence-electron chi connectivity index (χ1n) is 8.01. The quantitative estimate of drug-likeness (QED) is 0.338. The van der Waals surface area contributed by atoms with Crippen LogP contribution in [0.2, 0.25) is 0 Å². The average molecular weight is 359 g/mol. The largest absolute Gasteiger partial charge is 0.465 e. The summed E-state index contributed by atoms with van der Waals surface area (Å²) in [5, 5.41) is 4.02. The zero-order valence-corrected chi connectivity index (χ0v) is 14.7. The Morgan fingerprint density at radius 3 is 2.46 bits per heavy atom. The molecule has 0 bridgehead atoms. The van der Waals surface area contributed by atoms with Crippen LogP contribution in [-0.4, -0.2) is 38.6 Å². The number of nitrogens with one attached hydrogen (secondary N) is 1. The molecule has 0 aromatic heterocycles. The van der Waals surface area contributed by atoms with Crippen molar-refractivity contribution in [1.82, 2.24) is 5.32 Å². The van der Waals surface area contributed by atoms with Crippen LogP contribution in [0.4, 0.5) is 4.79 Å². The smallest absolute Gasteiger partial charge is 0.412 e. The number of methoxy groups -OCH3 is 1. The van der Waals surface area contributed by atoms with E-state index in [1.54, 1.807) is 32.2 Å². The third kappa shape index (κ3) is 5.22. The molecule has 0 spiro atoms. The summed E-state index contributed by atoms with van der Waals surface area (Å²) in [4.78, 5) is 22.9. The zero-order chi connectivity index (χ0) is 18.9. The summed E-state index contributed by atoms with van der Waals surface area (Å²) >= 11 is 0. The van der Waals surface area contributed by atoms with Crippen molar-refractivity contribution in [1.29, 1.82) is 0 Å². The third-order valence-corrected chi connectivity index (χ3v) is 3.45. The van der Waals surface area contributed by atoms with Gasteiger partial charge in [-0.3, -0.25) is 0 Å². The summed E-state index contributed by atoms with van der Waals surface area (Å²) in [6.07, 6.45) is -0.00565. The van der Waals surface area contributed by atoms with Gasteiger partial charge < -0.3 is 24.3 Å². The lowest BCUT2D eigenvalue weighted by atomic mass is 10.1. The number of ether oxygens (including phenoxy) is 4. The van der Waals surface area contributed by atoms with E-state index in [2.05, 4.69) is 11.9 Å². The third-order valence-electron chi connectivity index (χ3n) is 3.45. The number of carbonyl (C=O) groups is 2. The van der Waals surface area contributed by atoms with Gasteiger partial charge in [-0.25, -0.2) is 9.59 Å².